The van der Waals surface area contributed by atoms with Crippen LogP contribution in [0.2, 0.25) is 0 Å². The average Bonchev–Trinajstić information content (AvgIpc) is 3.21. The zero-order valence-electron chi connectivity index (χ0n) is 18.5. The van der Waals surface area contributed by atoms with Gasteiger partial charge in [0.2, 0.25) is 5.95 Å². The predicted molar refractivity (Wildman–Crippen MR) is 123 cm³/mol. The van der Waals surface area contributed by atoms with Gasteiger partial charge < -0.3 is 10.1 Å². The van der Waals surface area contributed by atoms with E-state index in [1.807, 2.05) is 6.92 Å². The monoisotopic (exact) mass is 462 g/mol. The largest absolute Gasteiger partial charge is 0.350 e. The first-order chi connectivity index (χ1) is 16.6. The number of imidazole rings is 1. The smallest absolute Gasteiger partial charge is 0.274 e. The lowest BCUT2D eigenvalue weighted by molar-refractivity contribution is -0.186. The van der Waals surface area contributed by atoms with Gasteiger partial charge in [-0.2, -0.15) is 0 Å². The van der Waals surface area contributed by atoms with Gasteiger partial charge in [-0.25, -0.2) is 29.7 Å². The van der Waals surface area contributed by atoms with Gasteiger partial charge in [0.1, 0.15) is 0 Å². The van der Waals surface area contributed by atoms with Crippen molar-refractivity contribution in [1.29, 1.82) is 0 Å². The second kappa shape index (κ2) is 9.54. The number of nitrogens with one attached hydrogen (secondary N) is 2. The van der Waals surface area contributed by atoms with E-state index in [1.54, 1.807) is 53.2 Å². The number of halogens is 1. The summed E-state index contributed by atoms with van der Waals surface area (Å²) in [7, 11) is 0. The van der Waals surface area contributed by atoms with Crippen molar-refractivity contribution >= 4 is 23.2 Å². The van der Waals surface area contributed by atoms with Crippen molar-refractivity contribution in [3.8, 4) is 11.4 Å². The molecule has 1 fully saturated rings. The van der Waals surface area contributed by atoms with Crippen LogP contribution in [0.5, 0.6) is 0 Å². The molecule has 1 atom stereocenters. The SMILES string of the molecule is Cc1nc2c(F)cccn2c1-c1ccnc(Nc2ccc(C(=O)NOC3CCCCO3)cc2)n1. The molecule has 4 aromatic rings. The standard InChI is InChI=1S/C24H23FN6O3/c1-15-21(31-13-4-5-18(25)22(31)27-15)19-11-12-26-24(29-19)28-17-9-7-16(8-10-17)23(32)30-34-20-6-2-3-14-33-20/h4-5,7-13,20H,2-3,6,14H2,1H3,(H,30,32)(H,26,28,29). The summed E-state index contributed by atoms with van der Waals surface area (Å²) in [5.41, 5.74) is 5.78. The Labute approximate surface area is 194 Å². The predicted octanol–water partition coefficient (Wildman–Crippen LogP) is 4.17. The number of aromatic nitrogens is 4. The molecule has 0 saturated carbocycles. The highest BCUT2D eigenvalue weighted by Gasteiger charge is 2.17. The molecule has 2 N–H and O–H groups in total. The van der Waals surface area contributed by atoms with Crippen molar-refractivity contribution in [1.82, 2.24) is 24.8 Å². The van der Waals surface area contributed by atoms with Crippen molar-refractivity contribution in [3.63, 3.8) is 0 Å². The highest BCUT2D eigenvalue weighted by Crippen LogP contribution is 2.25. The summed E-state index contributed by atoms with van der Waals surface area (Å²) in [5.74, 6) is -0.391. The van der Waals surface area contributed by atoms with Crippen LogP contribution in [-0.4, -0.2) is 38.2 Å². The molecule has 0 spiro atoms. The number of hydroxylamine groups is 1. The number of anilines is 2. The molecule has 174 valence electrons. The van der Waals surface area contributed by atoms with Crippen molar-refractivity contribution in [2.75, 3.05) is 11.9 Å². The van der Waals surface area contributed by atoms with Crippen molar-refractivity contribution < 1.29 is 18.8 Å². The molecule has 10 heteroatoms. The van der Waals surface area contributed by atoms with Crippen LogP contribution in [0.1, 0.15) is 35.3 Å². The molecular weight excluding hydrogens is 439 g/mol. The molecule has 1 aromatic carbocycles. The summed E-state index contributed by atoms with van der Waals surface area (Å²) >= 11 is 0. The van der Waals surface area contributed by atoms with E-state index in [-0.39, 0.29) is 11.6 Å². The average molecular weight is 462 g/mol. The molecule has 34 heavy (non-hydrogen) atoms. The molecule has 5 rings (SSSR count). The Balaban J connectivity index is 1.28. The zero-order valence-corrected chi connectivity index (χ0v) is 18.5. The van der Waals surface area contributed by atoms with E-state index in [4.69, 9.17) is 9.57 Å². The van der Waals surface area contributed by atoms with Crippen LogP contribution < -0.4 is 10.8 Å². The van der Waals surface area contributed by atoms with Crippen molar-refractivity contribution in [3.05, 3.63) is 71.9 Å². The number of fused-ring (bicyclic) bond motifs is 1. The number of aryl methyl sites for hydroxylation is 1. The van der Waals surface area contributed by atoms with Gasteiger partial charge in [0.05, 0.1) is 17.1 Å². The molecule has 1 aliphatic rings. The van der Waals surface area contributed by atoms with Crippen LogP contribution in [-0.2, 0) is 9.57 Å². The Morgan fingerprint density at radius 3 is 2.82 bits per heavy atom. The van der Waals surface area contributed by atoms with Crippen LogP contribution in [0.15, 0.2) is 54.9 Å². The number of amides is 1. The van der Waals surface area contributed by atoms with Crippen LogP contribution in [0.4, 0.5) is 16.0 Å². The van der Waals surface area contributed by atoms with Gasteiger partial charge in [-0.3, -0.25) is 9.20 Å². The van der Waals surface area contributed by atoms with Gasteiger partial charge in [0.15, 0.2) is 17.8 Å². The second-order valence-electron chi connectivity index (χ2n) is 7.91. The zero-order chi connectivity index (χ0) is 23.5. The molecule has 0 aliphatic carbocycles. The van der Waals surface area contributed by atoms with Crippen LogP contribution in [0.3, 0.4) is 0 Å². The Morgan fingerprint density at radius 2 is 2.03 bits per heavy atom. The maximum Gasteiger partial charge on any atom is 0.274 e. The first-order valence-corrected chi connectivity index (χ1v) is 11.0. The molecule has 9 nitrogen and oxygen atoms in total. The number of carbonyl (C=O) groups is 1. The molecular formula is C24H23FN6O3. The third kappa shape index (κ3) is 4.59. The number of nitrogens with zero attached hydrogens (tertiary/aromatic N) is 4. The summed E-state index contributed by atoms with van der Waals surface area (Å²) in [6, 6.07) is 11.6. The minimum absolute atomic E-state index is 0.246. The minimum Gasteiger partial charge on any atom is -0.350 e. The van der Waals surface area contributed by atoms with Crippen molar-refractivity contribution in [2.24, 2.45) is 0 Å². The Hall–Kier alpha value is -3.89. The molecule has 0 radical (unpaired) electrons. The lowest BCUT2D eigenvalue weighted by Gasteiger charge is -2.22. The summed E-state index contributed by atoms with van der Waals surface area (Å²) in [6.45, 7) is 2.45. The van der Waals surface area contributed by atoms with Crippen LogP contribution in [0, 0.1) is 12.7 Å². The Kier molecular flexibility index (Phi) is 6.15. The van der Waals surface area contributed by atoms with Gasteiger partial charge in [-0.05, 0) is 62.2 Å². The number of carbonyl (C=O) groups excluding carboxylic acids is 1. The van der Waals surface area contributed by atoms with E-state index < -0.39 is 12.1 Å². The van der Waals surface area contributed by atoms with Gasteiger partial charge in [0, 0.05) is 36.7 Å². The summed E-state index contributed by atoms with van der Waals surface area (Å²) in [6.07, 6.45) is 5.73. The lowest BCUT2D eigenvalue weighted by atomic mass is 10.2. The van der Waals surface area contributed by atoms with Gasteiger partial charge in [-0.15, -0.1) is 0 Å². The molecule has 3 aromatic heterocycles. The minimum atomic E-state index is -0.406. The summed E-state index contributed by atoms with van der Waals surface area (Å²) in [5, 5.41) is 3.13. The first-order valence-electron chi connectivity index (χ1n) is 11.0. The number of pyridine rings is 1. The number of benzene rings is 1. The van der Waals surface area contributed by atoms with Crippen LogP contribution >= 0.6 is 0 Å². The van der Waals surface area contributed by atoms with Gasteiger partial charge in [-0.1, -0.05) is 0 Å². The molecule has 1 unspecified atom stereocenters. The maximum atomic E-state index is 14.1. The second-order valence-corrected chi connectivity index (χ2v) is 7.91. The van der Waals surface area contributed by atoms with Crippen LogP contribution in [0.25, 0.3) is 17.0 Å². The highest BCUT2D eigenvalue weighted by molar-refractivity contribution is 5.93. The fourth-order valence-corrected chi connectivity index (χ4v) is 3.82. The van der Waals surface area contributed by atoms with E-state index in [2.05, 4.69) is 25.7 Å². The summed E-state index contributed by atoms with van der Waals surface area (Å²) in [4.78, 5) is 30.8. The third-order valence-electron chi connectivity index (χ3n) is 5.50. The Bertz CT molecular complexity index is 1320. The van der Waals surface area contributed by atoms with E-state index in [1.165, 1.54) is 6.07 Å². The molecule has 0 bridgehead atoms. The fraction of sp³-hybridized carbons (Fsp3) is 0.250. The molecule has 1 saturated heterocycles. The van der Waals surface area contributed by atoms with Crippen molar-refractivity contribution in [2.45, 2.75) is 32.5 Å². The first kappa shape index (κ1) is 21.9. The van der Waals surface area contributed by atoms with Gasteiger partial charge in [0.25, 0.3) is 5.91 Å². The number of hydrogen-bond acceptors (Lipinski definition) is 7. The normalized spacial score (nSPS) is 15.9. The van der Waals surface area contributed by atoms with E-state index >= 15 is 0 Å². The number of hydrogen-bond donors (Lipinski definition) is 2. The lowest BCUT2D eigenvalue weighted by Crippen LogP contribution is -2.33. The summed E-state index contributed by atoms with van der Waals surface area (Å²) < 4.78 is 21.2. The van der Waals surface area contributed by atoms with Gasteiger partial charge >= 0.3 is 0 Å². The van der Waals surface area contributed by atoms with E-state index in [0.717, 1.165) is 19.3 Å². The third-order valence-corrected chi connectivity index (χ3v) is 5.50. The quantitative estimate of drug-likeness (QED) is 0.415. The molecule has 4 heterocycles. The maximum absolute atomic E-state index is 14.1. The topological polar surface area (TPSA) is 103 Å². The number of rotatable bonds is 6. The molecule has 1 amide bonds. The number of ether oxygens (including phenoxy) is 1. The molecule has 1 aliphatic heterocycles. The van der Waals surface area contributed by atoms with E-state index in [0.29, 0.717) is 40.9 Å². The van der Waals surface area contributed by atoms with E-state index in [9.17, 15) is 9.18 Å². The highest BCUT2D eigenvalue weighted by atomic mass is 19.1. The Morgan fingerprint density at radius 1 is 1.18 bits per heavy atom. The fourth-order valence-electron chi connectivity index (χ4n) is 3.82.